The minimum absolute atomic E-state index is 0.00717. The molecular weight excluding hydrogens is 276 g/mol. The maximum absolute atomic E-state index is 12.6. The number of nitrogens with zero attached hydrogens (tertiary/aromatic N) is 1. The Morgan fingerprint density at radius 2 is 1.95 bits per heavy atom. The van der Waals surface area contributed by atoms with E-state index in [0.717, 1.165) is 25.6 Å². The molecule has 1 unspecified atom stereocenters. The Labute approximate surface area is 123 Å². The van der Waals surface area contributed by atoms with Crippen LogP contribution in [0.15, 0.2) is 0 Å². The smallest absolute Gasteiger partial charge is 0.243 e. The van der Waals surface area contributed by atoms with Crippen LogP contribution in [-0.4, -0.2) is 55.4 Å². The Balaban J connectivity index is 2.88. The summed E-state index contributed by atoms with van der Waals surface area (Å²) in [6, 6.07) is 0.262. The predicted molar refractivity (Wildman–Crippen MR) is 81.4 cm³/mol. The molecule has 1 heterocycles. The average molecular weight is 304 g/mol. The lowest BCUT2D eigenvalue weighted by atomic mass is 10.0. The van der Waals surface area contributed by atoms with Gasteiger partial charge in [-0.2, -0.15) is 0 Å². The summed E-state index contributed by atoms with van der Waals surface area (Å²) in [5.41, 5.74) is 0. The summed E-state index contributed by atoms with van der Waals surface area (Å²) in [5, 5.41) is 3.41. The zero-order valence-corrected chi connectivity index (χ0v) is 14.1. The first-order valence-electron chi connectivity index (χ1n) is 7.31. The molecule has 1 rings (SSSR count). The molecule has 1 N–H and O–H groups in total. The van der Waals surface area contributed by atoms with E-state index in [1.165, 1.54) is 20.3 Å². The number of piperidine rings is 1. The summed E-state index contributed by atoms with van der Waals surface area (Å²) in [4.78, 5) is 14.3. The molecule has 1 amide bonds. The van der Waals surface area contributed by atoms with E-state index >= 15 is 0 Å². The van der Waals surface area contributed by atoms with Crippen molar-refractivity contribution < 1.29 is 13.2 Å². The molecule has 6 heteroatoms. The Hall–Kier alpha value is -0.620. The van der Waals surface area contributed by atoms with Crippen molar-refractivity contribution in [3.8, 4) is 0 Å². The Morgan fingerprint density at radius 1 is 1.35 bits per heavy atom. The fourth-order valence-corrected chi connectivity index (χ4v) is 2.78. The lowest BCUT2D eigenvalue weighted by Crippen LogP contribution is -2.55. The highest BCUT2D eigenvalue weighted by atomic mass is 32.2. The summed E-state index contributed by atoms with van der Waals surface area (Å²) >= 11 is 0. The van der Waals surface area contributed by atoms with Crippen LogP contribution < -0.4 is 5.32 Å². The fourth-order valence-electron chi connectivity index (χ4n) is 2.35. The lowest BCUT2D eigenvalue weighted by Gasteiger charge is -2.37. The molecule has 0 aromatic carbocycles. The van der Waals surface area contributed by atoms with E-state index in [1.807, 2.05) is 13.8 Å². The summed E-state index contributed by atoms with van der Waals surface area (Å²) in [6.07, 6.45) is 4.49. The van der Waals surface area contributed by atoms with Crippen LogP contribution in [0.1, 0.15) is 47.0 Å². The molecule has 0 radical (unpaired) electrons. The Morgan fingerprint density at radius 3 is 2.35 bits per heavy atom. The molecule has 20 heavy (non-hydrogen) atoms. The van der Waals surface area contributed by atoms with Gasteiger partial charge in [0.05, 0.1) is 0 Å². The van der Waals surface area contributed by atoms with E-state index in [1.54, 1.807) is 4.90 Å². The second-order valence-corrected chi connectivity index (χ2v) is 9.05. The second-order valence-electron chi connectivity index (χ2n) is 6.48. The third-order valence-electron chi connectivity index (χ3n) is 4.16. The molecule has 0 aromatic heterocycles. The van der Waals surface area contributed by atoms with Gasteiger partial charge >= 0.3 is 0 Å². The van der Waals surface area contributed by atoms with Crippen molar-refractivity contribution >= 4 is 15.7 Å². The molecule has 1 fully saturated rings. The molecule has 1 atom stereocenters. The number of carbonyl (C=O) groups excluding carboxylic acids is 1. The Bertz CT molecular complexity index is 437. The molecule has 0 spiro atoms. The van der Waals surface area contributed by atoms with Gasteiger partial charge in [-0.25, -0.2) is 8.42 Å². The molecule has 0 aromatic rings. The van der Waals surface area contributed by atoms with Crippen LogP contribution in [0.4, 0.5) is 0 Å². The van der Waals surface area contributed by atoms with Crippen LogP contribution in [0, 0.1) is 0 Å². The van der Waals surface area contributed by atoms with Gasteiger partial charge in [0.15, 0.2) is 9.84 Å². The minimum Gasteiger partial charge on any atom is -0.337 e. The average Bonchev–Trinajstić information content (AvgIpc) is 2.34. The fraction of sp³-hybridized carbons (Fsp3) is 0.929. The predicted octanol–water partition coefficient (Wildman–Crippen LogP) is 1.19. The second kappa shape index (κ2) is 6.43. The maximum atomic E-state index is 12.6. The SMILES string of the molecule is CC(C)N(CC1CCCCN1)C(=O)C(C)(C)S(C)(=O)=O. The Kier molecular flexibility index (Phi) is 5.61. The van der Waals surface area contributed by atoms with Crippen LogP contribution in [-0.2, 0) is 14.6 Å². The van der Waals surface area contributed by atoms with E-state index in [-0.39, 0.29) is 18.0 Å². The summed E-state index contributed by atoms with van der Waals surface area (Å²) in [7, 11) is -3.43. The lowest BCUT2D eigenvalue weighted by molar-refractivity contribution is -0.135. The third-order valence-corrected chi connectivity index (χ3v) is 6.18. The van der Waals surface area contributed by atoms with Gasteiger partial charge in [-0.15, -0.1) is 0 Å². The normalized spacial score (nSPS) is 21.0. The summed E-state index contributed by atoms with van der Waals surface area (Å²) < 4.78 is 22.3. The quantitative estimate of drug-likeness (QED) is 0.828. The molecule has 118 valence electrons. The molecule has 1 saturated heterocycles. The van der Waals surface area contributed by atoms with E-state index < -0.39 is 14.6 Å². The van der Waals surface area contributed by atoms with Gasteiger partial charge in [-0.1, -0.05) is 6.42 Å². The highest BCUT2D eigenvalue weighted by Gasteiger charge is 2.42. The molecule has 0 aliphatic carbocycles. The zero-order chi connectivity index (χ0) is 15.6. The summed E-state index contributed by atoms with van der Waals surface area (Å²) in [5.74, 6) is -0.303. The van der Waals surface area contributed by atoms with Gasteiger partial charge in [0.1, 0.15) is 4.75 Å². The highest BCUT2D eigenvalue weighted by Crippen LogP contribution is 2.21. The van der Waals surface area contributed by atoms with E-state index in [0.29, 0.717) is 6.54 Å². The molecule has 0 saturated carbocycles. The van der Waals surface area contributed by atoms with Crippen molar-refractivity contribution in [2.24, 2.45) is 0 Å². The first kappa shape index (κ1) is 17.4. The van der Waals surface area contributed by atoms with Crippen molar-refractivity contribution in [3.63, 3.8) is 0 Å². The molecule has 0 bridgehead atoms. The van der Waals surface area contributed by atoms with Gasteiger partial charge in [0, 0.05) is 24.9 Å². The van der Waals surface area contributed by atoms with E-state index in [4.69, 9.17) is 0 Å². The first-order chi connectivity index (χ1) is 9.07. The van der Waals surface area contributed by atoms with Crippen molar-refractivity contribution in [2.75, 3.05) is 19.3 Å². The van der Waals surface area contributed by atoms with Gasteiger partial charge in [0.2, 0.25) is 5.91 Å². The summed E-state index contributed by atoms with van der Waals surface area (Å²) in [6.45, 7) is 8.40. The van der Waals surface area contributed by atoms with Crippen LogP contribution >= 0.6 is 0 Å². The largest absolute Gasteiger partial charge is 0.337 e. The van der Waals surface area contributed by atoms with Crippen LogP contribution in [0.2, 0.25) is 0 Å². The van der Waals surface area contributed by atoms with Crippen molar-refractivity contribution in [1.29, 1.82) is 0 Å². The number of hydrogen-bond acceptors (Lipinski definition) is 4. The van der Waals surface area contributed by atoms with Crippen LogP contribution in [0.25, 0.3) is 0 Å². The monoisotopic (exact) mass is 304 g/mol. The number of amides is 1. The number of sulfone groups is 1. The highest BCUT2D eigenvalue weighted by molar-refractivity contribution is 7.92. The van der Waals surface area contributed by atoms with Gasteiger partial charge < -0.3 is 10.2 Å². The molecule has 5 nitrogen and oxygen atoms in total. The minimum atomic E-state index is -3.43. The zero-order valence-electron chi connectivity index (χ0n) is 13.3. The first-order valence-corrected chi connectivity index (χ1v) is 9.20. The van der Waals surface area contributed by atoms with E-state index in [9.17, 15) is 13.2 Å². The topological polar surface area (TPSA) is 66.5 Å². The molecular formula is C14H28N2O3S. The molecule has 1 aliphatic heterocycles. The number of rotatable bonds is 5. The van der Waals surface area contributed by atoms with Crippen LogP contribution in [0.5, 0.6) is 0 Å². The number of carbonyl (C=O) groups is 1. The van der Waals surface area contributed by atoms with E-state index in [2.05, 4.69) is 5.32 Å². The maximum Gasteiger partial charge on any atom is 0.243 e. The van der Waals surface area contributed by atoms with Gasteiger partial charge in [0.25, 0.3) is 0 Å². The number of hydrogen-bond donors (Lipinski definition) is 1. The van der Waals surface area contributed by atoms with Gasteiger partial charge in [-0.3, -0.25) is 4.79 Å². The van der Waals surface area contributed by atoms with Crippen molar-refractivity contribution in [3.05, 3.63) is 0 Å². The van der Waals surface area contributed by atoms with Crippen molar-refractivity contribution in [1.82, 2.24) is 10.2 Å². The van der Waals surface area contributed by atoms with Gasteiger partial charge in [-0.05, 0) is 47.1 Å². The standard InChI is InChI=1S/C14H28N2O3S/c1-11(2)16(10-12-8-6-7-9-15-12)13(17)14(3,4)20(5,18)19/h11-12,15H,6-10H2,1-5H3. The number of nitrogens with one attached hydrogen (secondary N) is 1. The van der Waals surface area contributed by atoms with Crippen molar-refractivity contribution in [2.45, 2.75) is 63.8 Å². The molecule has 1 aliphatic rings. The van der Waals surface area contributed by atoms with Crippen LogP contribution in [0.3, 0.4) is 0 Å². The third kappa shape index (κ3) is 3.95.